The fourth-order valence-corrected chi connectivity index (χ4v) is 2.68. The highest BCUT2D eigenvalue weighted by Crippen LogP contribution is 2.18. The van der Waals surface area contributed by atoms with Crippen LogP contribution in [0.25, 0.3) is 0 Å². The summed E-state index contributed by atoms with van der Waals surface area (Å²) in [6.45, 7) is 8.15. The van der Waals surface area contributed by atoms with Gasteiger partial charge in [-0.2, -0.15) is 0 Å². The predicted octanol–water partition coefficient (Wildman–Crippen LogP) is 0.722. The Bertz CT molecular complexity index is 213. The second-order valence-corrected chi connectivity index (χ2v) is 5.35. The van der Waals surface area contributed by atoms with Crippen LogP contribution in [0.1, 0.15) is 19.8 Å². The standard InChI is InChI=1S/C13H26N2O2/c1-11(13-9-14-5-8-17-13)15(2)10-12-3-6-16-7-4-12/h11-14H,3-10H2,1-2H3. The summed E-state index contributed by atoms with van der Waals surface area (Å²) in [5, 5.41) is 3.40. The van der Waals surface area contributed by atoms with Crippen molar-refractivity contribution in [2.45, 2.75) is 31.9 Å². The van der Waals surface area contributed by atoms with Crippen molar-refractivity contribution in [2.24, 2.45) is 5.92 Å². The van der Waals surface area contributed by atoms with Crippen LogP contribution in [0.15, 0.2) is 0 Å². The molecule has 0 bridgehead atoms. The molecule has 4 nitrogen and oxygen atoms in total. The monoisotopic (exact) mass is 242 g/mol. The molecule has 0 aromatic rings. The normalized spacial score (nSPS) is 29.5. The Kier molecular flexibility index (Phi) is 5.22. The Balaban J connectivity index is 1.75. The highest BCUT2D eigenvalue weighted by atomic mass is 16.5. The Labute approximate surface area is 105 Å². The lowest BCUT2D eigenvalue weighted by molar-refractivity contribution is -0.0279. The average molecular weight is 242 g/mol. The molecule has 2 heterocycles. The van der Waals surface area contributed by atoms with Crippen molar-refractivity contribution in [1.82, 2.24) is 10.2 Å². The van der Waals surface area contributed by atoms with E-state index < -0.39 is 0 Å². The van der Waals surface area contributed by atoms with Crippen LogP contribution in [0.2, 0.25) is 0 Å². The summed E-state index contributed by atoms with van der Waals surface area (Å²) in [6.07, 6.45) is 2.76. The summed E-state index contributed by atoms with van der Waals surface area (Å²) < 4.78 is 11.2. The number of hydrogen-bond acceptors (Lipinski definition) is 4. The average Bonchev–Trinajstić information content (AvgIpc) is 2.40. The Hall–Kier alpha value is -0.160. The molecule has 2 unspecified atom stereocenters. The second kappa shape index (κ2) is 6.69. The van der Waals surface area contributed by atoms with E-state index in [-0.39, 0.29) is 0 Å². The molecule has 0 aliphatic carbocycles. The molecule has 1 N–H and O–H groups in total. The van der Waals surface area contributed by atoms with E-state index in [0.717, 1.165) is 38.8 Å². The Morgan fingerprint density at radius 2 is 2.06 bits per heavy atom. The number of ether oxygens (including phenoxy) is 2. The van der Waals surface area contributed by atoms with Crippen molar-refractivity contribution in [3.8, 4) is 0 Å². The lowest BCUT2D eigenvalue weighted by Crippen LogP contribution is -2.51. The zero-order chi connectivity index (χ0) is 12.1. The first-order chi connectivity index (χ1) is 8.27. The molecular formula is C13H26N2O2. The zero-order valence-corrected chi connectivity index (χ0v) is 11.2. The van der Waals surface area contributed by atoms with Gasteiger partial charge in [0.1, 0.15) is 0 Å². The molecule has 4 heteroatoms. The minimum Gasteiger partial charge on any atom is -0.381 e. The Morgan fingerprint density at radius 1 is 1.29 bits per heavy atom. The first kappa shape index (κ1) is 13.3. The predicted molar refractivity (Wildman–Crippen MR) is 68.2 cm³/mol. The summed E-state index contributed by atoms with van der Waals surface area (Å²) in [5.41, 5.74) is 0. The SMILES string of the molecule is CC(C1CNCCO1)N(C)CC1CCOCC1. The molecule has 2 fully saturated rings. The number of hydrogen-bond donors (Lipinski definition) is 1. The van der Waals surface area contributed by atoms with Crippen LogP contribution in [0.5, 0.6) is 0 Å². The summed E-state index contributed by atoms with van der Waals surface area (Å²) in [7, 11) is 2.22. The van der Waals surface area contributed by atoms with Gasteiger partial charge in [0, 0.05) is 38.9 Å². The summed E-state index contributed by atoms with van der Waals surface area (Å²) in [4.78, 5) is 2.45. The fraction of sp³-hybridized carbons (Fsp3) is 1.00. The van der Waals surface area contributed by atoms with Gasteiger partial charge in [0.15, 0.2) is 0 Å². The molecule has 0 saturated carbocycles. The van der Waals surface area contributed by atoms with Gasteiger partial charge < -0.3 is 19.7 Å². The highest BCUT2D eigenvalue weighted by Gasteiger charge is 2.26. The van der Waals surface area contributed by atoms with Gasteiger partial charge in [-0.05, 0) is 32.7 Å². The quantitative estimate of drug-likeness (QED) is 0.788. The van der Waals surface area contributed by atoms with Gasteiger partial charge in [0.05, 0.1) is 12.7 Å². The minimum absolute atomic E-state index is 0.341. The lowest BCUT2D eigenvalue weighted by atomic mass is 9.98. The molecule has 2 atom stereocenters. The molecule has 100 valence electrons. The molecule has 2 aliphatic rings. The van der Waals surface area contributed by atoms with E-state index in [1.165, 1.54) is 19.4 Å². The van der Waals surface area contributed by atoms with Crippen LogP contribution in [-0.4, -0.2) is 63.5 Å². The third-order valence-electron chi connectivity index (χ3n) is 4.08. The van der Waals surface area contributed by atoms with E-state index in [0.29, 0.717) is 12.1 Å². The van der Waals surface area contributed by atoms with E-state index in [4.69, 9.17) is 9.47 Å². The molecule has 2 saturated heterocycles. The molecule has 17 heavy (non-hydrogen) atoms. The molecule has 0 aromatic heterocycles. The van der Waals surface area contributed by atoms with E-state index in [1.807, 2.05) is 0 Å². The van der Waals surface area contributed by atoms with Crippen LogP contribution >= 0.6 is 0 Å². The maximum absolute atomic E-state index is 5.82. The van der Waals surface area contributed by atoms with E-state index in [2.05, 4.69) is 24.2 Å². The number of nitrogens with zero attached hydrogens (tertiary/aromatic N) is 1. The lowest BCUT2D eigenvalue weighted by Gasteiger charge is -2.36. The van der Waals surface area contributed by atoms with Gasteiger partial charge in [-0.15, -0.1) is 0 Å². The molecule has 2 rings (SSSR count). The number of nitrogens with one attached hydrogen (secondary N) is 1. The van der Waals surface area contributed by atoms with E-state index >= 15 is 0 Å². The van der Waals surface area contributed by atoms with Crippen molar-refractivity contribution >= 4 is 0 Å². The molecular weight excluding hydrogens is 216 g/mol. The van der Waals surface area contributed by atoms with Crippen LogP contribution in [0, 0.1) is 5.92 Å². The minimum atomic E-state index is 0.341. The maximum Gasteiger partial charge on any atom is 0.0852 e. The van der Waals surface area contributed by atoms with Gasteiger partial charge in [0.2, 0.25) is 0 Å². The summed E-state index contributed by atoms with van der Waals surface area (Å²) in [5.74, 6) is 0.799. The molecule has 2 aliphatic heterocycles. The zero-order valence-electron chi connectivity index (χ0n) is 11.2. The van der Waals surface area contributed by atoms with Gasteiger partial charge in [0.25, 0.3) is 0 Å². The summed E-state index contributed by atoms with van der Waals surface area (Å²) in [6, 6.07) is 0.491. The molecule has 0 spiro atoms. The highest BCUT2D eigenvalue weighted by molar-refractivity contribution is 4.80. The smallest absolute Gasteiger partial charge is 0.0852 e. The maximum atomic E-state index is 5.82. The Morgan fingerprint density at radius 3 is 2.71 bits per heavy atom. The van der Waals surface area contributed by atoms with Gasteiger partial charge in [-0.3, -0.25) is 0 Å². The number of rotatable bonds is 4. The summed E-state index contributed by atoms with van der Waals surface area (Å²) >= 11 is 0. The molecule has 0 aromatic carbocycles. The number of morpholine rings is 1. The molecule has 0 radical (unpaired) electrons. The van der Waals surface area contributed by atoms with Crippen molar-refractivity contribution in [1.29, 1.82) is 0 Å². The third-order valence-corrected chi connectivity index (χ3v) is 4.08. The van der Waals surface area contributed by atoms with Crippen LogP contribution in [0.3, 0.4) is 0 Å². The van der Waals surface area contributed by atoms with Gasteiger partial charge in [-0.25, -0.2) is 0 Å². The van der Waals surface area contributed by atoms with Crippen LogP contribution < -0.4 is 5.32 Å². The van der Waals surface area contributed by atoms with Crippen molar-refractivity contribution in [2.75, 3.05) is 46.5 Å². The largest absolute Gasteiger partial charge is 0.381 e. The van der Waals surface area contributed by atoms with Crippen LogP contribution in [0.4, 0.5) is 0 Å². The third kappa shape index (κ3) is 3.91. The first-order valence-electron chi connectivity index (χ1n) is 6.87. The van der Waals surface area contributed by atoms with Crippen molar-refractivity contribution < 1.29 is 9.47 Å². The van der Waals surface area contributed by atoms with E-state index in [1.54, 1.807) is 0 Å². The van der Waals surface area contributed by atoms with Crippen molar-refractivity contribution in [3.05, 3.63) is 0 Å². The topological polar surface area (TPSA) is 33.7 Å². The first-order valence-corrected chi connectivity index (χ1v) is 6.87. The number of likely N-dealkylation sites (N-methyl/N-ethyl adjacent to an activating group) is 1. The van der Waals surface area contributed by atoms with Gasteiger partial charge in [-0.1, -0.05) is 0 Å². The fourth-order valence-electron chi connectivity index (χ4n) is 2.68. The van der Waals surface area contributed by atoms with Crippen LogP contribution in [-0.2, 0) is 9.47 Å². The van der Waals surface area contributed by atoms with Crippen molar-refractivity contribution in [3.63, 3.8) is 0 Å². The van der Waals surface area contributed by atoms with Gasteiger partial charge >= 0.3 is 0 Å². The second-order valence-electron chi connectivity index (χ2n) is 5.35. The molecule has 0 amide bonds. The van der Waals surface area contributed by atoms with E-state index in [9.17, 15) is 0 Å².